The number of benzene rings is 2. The van der Waals surface area contributed by atoms with Gasteiger partial charge >= 0.3 is 0 Å². The minimum atomic E-state index is -0.597. The Balaban J connectivity index is 1.82. The Bertz CT molecular complexity index is 736. The molecule has 0 radical (unpaired) electrons. The molecule has 0 aromatic heterocycles. The Hall–Kier alpha value is -2.40. The second-order valence-corrected chi connectivity index (χ2v) is 6.12. The van der Waals surface area contributed by atoms with E-state index in [0.717, 1.165) is 5.56 Å². The number of hydrogen-bond donors (Lipinski definition) is 1. The van der Waals surface area contributed by atoms with E-state index in [4.69, 9.17) is 25.8 Å². The van der Waals surface area contributed by atoms with Crippen molar-refractivity contribution >= 4 is 17.5 Å². The number of para-hydroxylation sites is 2. The molecular weight excluding hydrogens is 354 g/mol. The van der Waals surface area contributed by atoms with Gasteiger partial charge in [0.05, 0.1) is 13.7 Å². The summed E-state index contributed by atoms with van der Waals surface area (Å²) in [6.07, 6.45) is -0.0571. The van der Waals surface area contributed by atoms with Crippen LogP contribution >= 0.6 is 11.6 Å². The Morgan fingerprint density at radius 2 is 1.92 bits per heavy atom. The fourth-order valence-electron chi connectivity index (χ4n) is 2.31. The van der Waals surface area contributed by atoms with E-state index < -0.39 is 6.10 Å². The molecule has 0 heterocycles. The maximum Gasteiger partial charge on any atom is 0.261 e. The van der Waals surface area contributed by atoms with E-state index in [1.54, 1.807) is 25.3 Å². The number of ether oxygens (including phenoxy) is 3. The van der Waals surface area contributed by atoms with Crippen LogP contribution in [-0.2, 0) is 4.79 Å². The summed E-state index contributed by atoms with van der Waals surface area (Å²) in [7, 11) is 1.57. The lowest BCUT2D eigenvalue weighted by Gasteiger charge is -2.19. The summed E-state index contributed by atoms with van der Waals surface area (Å²) in [6.45, 7) is 4.54. The van der Waals surface area contributed by atoms with E-state index in [0.29, 0.717) is 41.8 Å². The smallest absolute Gasteiger partial charge is 0.261 e. The van der Waals surface area contributed by atoms with Crippen molar-refractivity contribution in [3.63, 3.8) is 0 Å². The number of methoxy groups -OCH3 is 1. The van der Waals surface area contributed by atoms with E-state index in [1.807, 2.05) is 38.1 Å². The maximum atomic E-state index is 12.3. The molecular formula is C20H24ClNO4. The summed E-state index contributed by atoms with van der Waals surface area (Å²) in [5.74, 6) is 1.62. The molecule has 0 aliphatic rings. The van der Waals surface area contributed by atoms with E-state index in [9.17, 15) is 4.79 Å². The zero-order valence-electron chi connectivity index (χ0n) is 15.3. The number of halogens is 1. The van der Waals surface area contributed by atoms with Gasteiger partial charge in [-0.1, -0.05) is 36.7 Å². The van der Waals surface area contributed by atoms with Crippen molar-refractivity contribution in [1.82, 2.24) is 5.32 Å². The van der Waals surface area contributed by atoms with Crippen molar-refractivity contribution < 1.29 is 19.0 Å². The van der Waals surface area contributed by atoms with E-state index in [-0.39, 0.29) is 5.91 Å². The first-order valence-corrected chi connectivity index (χ1v) is 8.89. The predicted octanol–water partition coefficient (Wildman–Crippen LogP) is 4.01. The van der Waals surface area contributed by atoms with Gasteiger partial charge in [-0.15, -0.1) is 0 Å². The molecule has 2 aromatic carbocycles. The van der Waals surface area contributed by atoms with Gasteiger partial charge in [-0.2, -0.15) is 0 Å². The summed E-state index contributed by atoms with van der Waals surface area (Å²) < 4.78 is 16.6. The molecule has 1 atom stereocenters. The molecule has 0 bridgehead atoms. The average molecular weight is 378 g/mol. The fraction of sp³-hybridized carbons (Fsp3) is 0.350. The first kappa shape index (κ1) is 19.9. The molecule has 2 aromatic rings. The number of aryl methyl sites for hydroxylation is 1. The van der Waals surface area contributed by atoms with Gasteiger partial charge in [0.2, 0.25) is 0 Å². The largest absolute Gasteiger partial charge is 0.493 e. The number of nitrogens with one attached hydrogen (secondary N) is 1. The van der Waals surface area contributed by atoms with Gasteiger partial charge in [-0.25, -0.2) is 0 Å². The third-order valence-corrected chi connectivity index (χ3v) is 4.22. The van der Waals surface area contributed by atoms with Gasteiger partial charge < -0.3 is 19.5 Å². The van der Waals surface area contributed by atoms with Crippen LogP contribution in [0.1, 0.15) is 18.9 Å². The van der Waals surface area contributed by atoms with Crippen LogP contribution in [0.15, 0.2) is 42.5 Å². The molecule has 1 N–H and O–H groups in total. The number of hydrogen-bond acceptors (Lipinski definition) is 4. The highest BCUT2D eigenvalue weighted by Crippen LogP contribution is 2.27. The topological polar surface area (TPSA) is 56.8 Å². The van der Waals surface area contributed by atoms with Crippen LogP contribution in [0.4, 0.5) is 0 Å². The van der Waals surface area contributed by atoms with Gasteiger partial charge in [-0.05, 0) is 43.2 Å². The highest BCUT2D eigenvalue weighted by Gasteiger charge is 2.19. The molecule has 26 heavy (non-hydrogen) atoms. The summed E-state index contributed by atoms with van der Waals surface area (Å²) in [4.78, 5) is 12.3. The molecule has 0 aliphatic carbocycles. The molecule has 6 heteroatoms. The third kappa shape index (κ3) is 5.56. The molecule has 1 unspecified atom stereocenters. The van der Waals surface area contributed by atoms with E-state index >= 15 is 0 Å². The number of amides is 1. The van der Waals surface area contributed by atoms with E-state index in [1.165, 1.54) is 0 Å². The number of carbonyl (C=O) groups excluding carboxylic acids is 1. The van der Waals surface area contributed by atoms with Crippen molar-refractivity contribution in [2.75, 3.05) is 20.3 Å². The Kier molecular flexibility index (Phi) is 7.60. The maximum absolute atomic E-state index is 12.3. The third-order valence-electron chi connectivity index (χ3n) is 3.81. The van der Waals surface area contributed by atoms with Gasteiger partial charge in [0.15, 0.2) is 17.6 Å². The van der Waals surface area contributed by atoms with Gasteiger partial charge in [0.25, 0.3) is 5.91 Å². The monoisotopic (exact) mass is 377 g/mol. The molecule has 0 saturated carbocycles. The van der Waals surface area contributed by atoms with Gasteiger partial charge in [0, 0.05) is 5.02 Å². The number of carbonyl (C=O) groups is 1. The van der Waals surface area contributed by atoms with Crippen molar-refractivity contribution in [3.05, 3.63) is 53.1 Å². The molecule has 0 aliphatic heterocycles. The van der Waals surface area contributed by atoms with Crippen LogP contribution in [0.25, 0.3) is 0 Å². The van der Waals surface area contributed by atoms with Gasteiger partial charge in [0.1, 0.15) is 12.4 Å². The second-order valence-electron chi connectivity index (χ2n) is 5.72. The minimum Gasteiger partial charge on any atom is -0.493 e. The van der Waals surface area contributed by atoms with Crippen molar-refractivity contribution in [2.24, 2.45) is 0 Å². The molecule has 0 saturated heterocycles. The first-order chi connectivity index (χ1) is 12.5. The summed E-state index contributed by atoms with van der Waals surface area (Å²) in [5.41, 5.74) is 0.992. The lowest BCUT2D eigenvalue weighted by molar-refractivity contribution is -0.128. The van der Waals surface area contributed by atoms with Crippen LogP contribution in [-0.4, -0.2) is 32.3 Å². The molecule has 140 valence electrons. The summed E-state index contributed by atoms with van der Waals surface area (Å²) in [6, 6.07) is 12.8. The average Bonchev–Trinajstić information content (AvgIpc) is 2.66. The SMILES string of the molecule is CCC(Oc1ccccc1OC)C(=O)NCCOc1ccc(C)c(Cl)c1. The summed E-state index contributed by atoms with van der Waals surface area (Å²) >= 11 is 6.06. The normalized spacial score (nSPS) is 11.5. The minimum absolute atomic E-state index is 0.191. The predicted molar refractivity (Wildman–Crippen MR) is 102 cm³/mol. The summed E-state index contributed by atoms with van der Waals surface area (Å²) in [5, 5.41) is 3.48. The van der Waals surface area contributed by atoms with E-state index in [2.05, 4.69) is 5.32 Å². The Labute approximate surface area is 159 Å². The Morgan fingerprint density at radius 1 is 1.19 bits per heavy atom. The zero-order chi connectivity index (χ0) is 18.9. The lowest BCUT2D eigenvalue weighted by atomic mass is 10.2. The van der Waals surface area contributed by atoms with Crippen LogP contribution in [0.5, 0.6) is 17.2 Å². The van der Waals surface area contributed by atoms with Crippen LogP contribution in [0.3, 0.4) is 0 Å². The molecule has 1 amide bonds. The van der Waals surface area contributed by atoms with Crippen LogP contribution < -0.4 is 19.5 Å². The molecule has 2 rings (SSSR count). The number of rotatable bonds is 9. The Morgan fingerprint density at radius 3 is 2.58 bits per heavy atom. The van der Waals surface area contributed by atoms with Crippen molar-refractivity contribution in [2.45, 2.75) is 26.4 Å². The first-order valence-electron chi connectivity index (χ1n) is 8.51. The molecule has 0 spiro atoms. The standard InChI is InChI=1S/C20H24ClNO4/c1-4-17(26-19-8-6-5-7-18(19)24-3)20(23)22-11-12-25-15-10-9-14(2)16(21)13-15/h5-10,13,17H,4,11-12H2,1-3H3,(H,22,23). The molecule has 5 nitrogen and oxygen atoms in total. The fourth-order valence-corrected chi connectivity index (χ4v) is 2.48. The zero-order valence-corrected chi connectivity index (χ0v) is 16.0. The highest BCUT2D eigenvalue weighted by molar-refractivity contribution is 6.31. The van der Waals surface area contributed by atoms with Crippen molar-refractivity contribution in [1.29, 1.82) is 0 Å². The quantitative estimate of drug-likeness (QED) is 0.671. The van der Waals surface area contributed by atoms with Crippen molar-refractivity contribution in [3.8, 4) is 17.2 Å². The van der Waals surface area contributed by atoms with Crippen LogP contribution in [0.2, 0.25) is 5.02 Å². The molecule has 0 fully saturated rings. The van der Waals surface area contributed by atoms with Crippen LogP contribution in [0, 0.1) is 6.92 Å². The lowest BCUT2D eigenvalue weighted by Crippen LogP contribution is -2.39. The second kappa shape index (κ2) is 9.92. The highest BCUT2D eigenvalue weighted by atomic mass is 35.5. The van der Waals surface area contributed by atoms with Gasteiger partial charge in [-0.3, -0.25) is 4.79 Å².